The van der Waals surface area contributed by atoms with Gasteiger partial charge in [0.25, 0.3) is 5.91 Å². The first-order valence-electron chi connectivity index (χ1n) is 16.9. The van der Waals surface area contributed by atoms with Crippen LogP contribution >= 0.6 is 0 Å². The van der Waals surface area contributed by atoms with Crippen LogP contribution in [0.5, 0.6) is 5.75 Å². The number of benzene rings is 4. The Bertz CT molecular complexity index is 2180. The number of nitrogens with one attached hydrogen (secondary N) is 1. The third-order valence-corrected chi connectivity index (χ3v) is 8.82. The van der Waals surface area contributed by atoms with Gasteiger partial charge in [-0.05, 0) is 48.9 Å². The number of carbonyl (C=O) groups excluding carboxylic acids is 4. The minimum atomic E-state index is -5.35. The fourth-order valence-electron chi connectivity index (χ4n) is 6.26. The van der Waals surface area contributed by atoms with Gasteiger partial charge in [0.1, 0.15) is 17.3 Å². The maximum absolute atomic E-state index is 14.4. The summed E-state index contributed by atoms with van der Waals surface area (Å²) in [4.78, 5) is 59.2. The zero-order valence-corrected chi connectivity index (χ0v) is 29.1. The molecular weight excluding hydrogens is 691 g/mol. The summed E-state index contributed by atoms with van der Waals surface area (Å²) >= 11 is 0. The number of halogens is 3. The number of fused-ring (bicyclic) bond motifs is 1. The van der Waals surface area contributed by atoms with E-state index in [1.54, 1.807) is 41.4 Å². The van der Waals surface area contributed by atoms with Crippen LogP contribution in [0.2, 0.25) is 0 Å². The molecule has 1 atom stereocenters. The number of aryl methyl sites for hydroxylation is 1. The van der Waals surface area contributed by atoms with Crippen LogP contribution in [-0.2, 0) is 14.3 Å². The molecule has 6 rings (SSSR count). The van der Waals surface area contributed by atoms with Gasteiger partial charge in [0.2, 0.25) is 5.91 Å². The minimum Gasteiger partial charge on any atom is -0.494 e. The van der Waals surface area contributed by atoms with Gasteiger partial charge in [0, 0.05) is 56.6 Å². The molecule has 11 nitrogen and oxygen atoms in total. The van der Waals surface area contributed by atoms with Gasteiger partial charge in [0.05, 0.1) is 23.9 Å². The van der Waals surface area contributed by atoms with Crippen molar-refractivity contribution >= 4 is 40.2 Å². The van der Waals surface area contributed by atoms with Crippen LogP contribution < -0.4 is 15.0 Å². The summed E-state index contributed by atoms with van der Waals surface area (Å²) in [6, 6.07) is 24.3. The summed E-state index contributed by atoms with van der Waals surface area (Å²) in [7, 11) is 0. The van der Waals surface area contributed by atoms with Gasteiger partial charge in [-0.1, -0.05) is 60.2 Å². The van der Waals surface area contributed by atoms with Crippen LogP contribution in [0, 0.1) is 6.92 Å². The zero-order chi connectivity index (χ0) is 37.9. The number of alkyl halides is 3. The van der Waals surface area contributed by atoms with Gasteiger partial charge < -0.3 is 24.6 Å². The molecular formula is C39H36F3N5O6. The standard InChI is InChI=1S/C39H36F3N5O6/c1-4-52-31-10-7-9-28(19-31)47-23-34(44-35(47)26-14-12-24(2)13-15-26)36(49)46-17-16-45(22-30(46)21-43-25(3)48)29-18-27-8-5-6-11-32(27)33(20-29)37(50)53-38(51)39(40,41)42/h5-15,18-20,23,30H,4,16-17,21-22H2,1-3H3,(H,43,48)/t30-/m0/s1. The third-order valence-electron chi connectivity index (χ3n) is 8.82. The van der Waals surface area contributed by atoms with E-state index in [0.29, 0.717) is 34.6 Å². The molecule has 0 unspecified atom stereocenters. The lowest BCUT2D eigenvalue weighted by atomic mass is 10.0. The highest BCUT2D eigenvalue weighted by molar-refractivity contribution is 6.09. The third kappa shape index (κ3) is 8.16. The molecule has 0 spiro atoms. The second kappa shape index (κ2) is 15.2. The molecule has 0 saturated carbocycles. The number of ether oxygens (including phenoxy) is 2. The molecule has 1 N–H and O–H groups in total. The Morgan fingerprint density at radius 3 is 2.40 bits per heavy atom. The van der Waals surface area contributed by atoms with Gasteiger partial charge in [-0.3, -0.25) is 14.2 Å². The lowest BCUT2D eigenvalue weighted by molar-refractivity contribution is -0.193. The van der Waals surface area contributed by atoms with Crippen molar-refractivity contribution in [2.24, 2.45) is 0 Å². The van der Waals surface area contributed by atoms with Crippen molar-refractivity contribution in [2.45, 2.75) is 33.0 Å². The van der Waals surface area contributed by atoms with Gasteiger partial charge in [-0.15, -0.1) is 0 Å². The van der Waals surface area contributed by atoms with Crippen LogP contribution in [0.25, 0.3) is 27.8 Å². The summed E-state index contributed by atoms with van der Waals surface area (Å²) in [5.74, 6) is -3.54. The first kappa shape index (κ1) is 36.6. The molecule has 4 aromatic carbocycles. The number of carbonyl (C=O) groups is 4. The number of hydrogen-bond acceptors (Lipinski definition) is 8. The fourth-order valence-corrected chi connectivity index (χ4v) is 6.26. The Kier molecular flexibility index (Phi) is 10.5. The monoisotopic (exact) mass is 727 g/mol. The Labute approximate surface area is 302 Å². The summed E-state index contributed by atoms with van der Waals surface area (Å²) in [5.41, 5.74) is 2.99. The molecule has 0 bridgehead atoms. The van der Waals surface area contributed by atoms with E-state index >= 15 is 0 Å². The van der Waals surface area contributed by atoms with E-state index in [-0.39, 0.29) is 49.3 Å². The van der Waals surface area contributed by atoms with Crippen molar-refractivity contribution in [3.05, 3.63) is 108 Å². The van der Waals surface area contributed by atoms with Crippen molar-refractivity contribution in [2.75, 3.05) is 37.7 Å². The zero-order valence-electron chi connectivity index (χ0n) is 29.1. The second-order valence-corrected chi connectivity index (χ2v) is 12.5. The van der Waals surface area contributed by atoms with Gasteiger partial charge >= 0.3 is 18.1 Å². The Morgan fingerprint density at radius 2 is 1.68 bits per heavy atom. The molecule has 1 saturated heterocycles. The molecule has 2 heterocycles. The average Bonchev–Trinajstić information content (AvgIpc) is 3.59. The molecule has 1 aliphatic heterocycles. The maximum atomic E-state index is 14.4. The van der Waals surface area contributed by atoms with E-state index in [4.69, 9.17) is 9.72 Å². The van der Waals surface area contributed by atoms with Crippen molar-refractivity contribution < 1.29 is 41.8 Å². The lowest BCUT2D eigenvalue weighted by Gasteiger charge is -2.42. The summed E-state index contributed by atoms with van der Waals surface area (Å²) in [6.45, 7) is 6.42. The molecule has 5 aromatic rings. The number of esters is 2. The summed E-state index contributed by atoms with van der Waals surface area (Å²) < 4.78 is 50.6. The topological polar surface area (TPSA) is 123 Å². The van der Waals surface area contributed by atoms with Crippen LogP contribution in [0.3, 0.4) is 0 Å². The van der Waals surface area contributed by atoms with E-state index in [1.165, 1.54) is 13.0 Å². The number of rotatable bonds is 9. The van der Waals surface area contributed by atoms with Crippen LogP contribution in [-0.4, -0.2) is 83.2 Å². The number of nitrogens with zero attached hydrogens (tertiary/aromatic N) is 4. The Morgan fingerprint density at radius 1 is 0.925 bits per heavy atom. The Hall–Kier alpha value is -6.18. The number of anilines is 1. The first-order chi connectivity index (χ1) is 25.3. The highest BCUT2D eigenvalue weighted by Crippen LogP contribution is 2.31. The molecule has 1 aromatic heterocycles. The first-order valence-corrected chi connectivity index (χ1v) is 16.9. The predicted molar refractivity (Wildman–Crippen MR) is 191 cm³/mol. The smallest absolute Gasteiger partial charge is 0.491 e. The molecule has 14 heteroatoms. The van der Waals surface area contributed by atoms with E-state index in [0.717, 1.165) is 16.8 Å². The highest BCUT2D eigenvalue weighted by Gasteiger charge is 2.43. The number of imidazole rings is 1. The lowest BCUT2D eigenvalue weighted by Crippen LogP contribution is -2.59. The Balaban J connectivity index is 1.33. The second-order valence-electron chi connectivity index (χ2n) is 12.5. The number of aromatic nitrogens is 2. The van der Waals surface area contributed by atoms with Crippen molar-refractivity contribution in [1.82, 2.24) is 19.8 Å². The van der Waals surface area contributed by atoms with E-state index < -0.39 is 24.2 Å². The fraction of sp³-hybridized carbons (Fsp3) is 0.256. The van der Waals surface area contributed by atoms with Crippen LogP contribution in [0.1, 0.15) is 40.3 Å². The average molecular weight is 728 g/mol. The molecule has 0 radical (unpaired) electrons. The molecule has 2 amide bonds. The number of piperazine rings is 1. The van der Waals surface area contributed by atoms with Crippen LogP contribution in [0.15, 0.2) is 91.1 Å². The van der Waals surface area contributed by atoms with E-state index in [1.807, 2.05) is 71.8 Å². The van der Waals surface area contributed by atoms with Crippen molar-refractivity contribution in [3.8, 4) is 22.8 Å². The highest BCUT2D eigenvalue weighted by atomic mass is 19.4. The molecule has 53 heavy (non-hydrogen) atoms. The molecule has 274 valence electrons. The largest absolute Gasteiger partial charge is 0.494 e. The number of hydrogen-bond donors (Lipinski definition) is 1. The van der Waals surface area contributed by atoms with Gasteiger partial charge in [-0.25, -0.2) is 14.6 Å². The summed E-state index contributed by atoms with van der Waals surface area (Å²) in [5, 5.41) is 3.61. The SMILES string of the molecule is CCOc1cccc(-n2cc(C(=O)N3CCN(c4cc(C(=O)OC(=O)C(F)(F)F)c5ccccc5c4)C[C@@H]3CNC(C)=O)nc2-c2ccc(C)cc2)c1. The number of amides is 2. The van der Waals surface area contributed by atoms with Crippen molar-refractivity contribution in [1.29, 1.82) is 0 Å². The normalized spacial score (nSPS) is 14.6. The summed E-state index contributed by atoms with van der Waals surface area (Å²) in [6.07, 6.45) is -3.68. The molecule has 0 aliphatic carbocycles. The van der Waals surface area contributed by atoms with Gasteiger partial charge in [0.15, 0.2) is 0 Å². The molecule has 1 aliphatic rings. The van der Waals surface area contributed by atoms with E-state index in [9.17, 15) is 32.3 Å². The molecule has 1 fully saturated rings. The van der Waals surface area contributed by atoms with Gasteiger partial charge in [-0.2, -0.15) is 13.2 Å². The van der Waals surface area contributed by atoms with E-state index in [2.05, 4.69) is 10.1 Å². The quantitative estimate of drug-likeness (QED) is 0.143. The maximum Gasteiger partial charge on any atom is 0.491 e. The predicted octanol–water partition coefficient (Wildman–Crippen LogP) is 6.11. The van der Waals surface area contributed by atoms with Crippen LogP contribution in [0.4, 0.5) is 18.9 Å². The van der Waals surface area contributed by atoms with Crippen molar-refractivity contribution in [3.63, 3.8) is 0 Å². The minimum absolute atomic E-state index is 0.0854.